The molecule has 1 N–H and O–H groups in total. The maximum Gasteiger partial charge on any atom is 0.276 e. The van der Waals surface area contributed by atoms with Gasteiger partial charge in [-0.2, -0.15) is 9.40 Å². The number of ether oxygens (including phenoxy) is 1. The molecule has 0 unspecified atom stereocenters. The molecule has 138 valence electrons. The maximum absolute atomic E-state index is 12.6. The van der Waals surface area contributed by atoms with E-state index in [-0.39, 0.29) is 16.1 Å². The predicted octanol–water partition coefficient (Wildman–Crippen LogP) is 0.0535. The maximum atomic E-state index is 12.6. The van der Waals surface area contributed by atoms with E-state index in [0.717, 1.165) is 4.68 Å². The second-order valence-corrected chi connectivity index (χ2v) is 7.61. The number of benzene rings is 1. The average Bonchev–Trinajstić information content (AvgIpc) is 2.65. The highest BCUT2D eigenvalue weighted by molar-refractivity contribution is 7.89. The summed E-state index contributed by atoms with van der Waals surface area (Å²) in [5.41, 5.74) is 0.183. The van der Waals surface area contributed by atoms with Gasteiger partial charge in [-0.15, -0.1) is 0 Å². The molecular weight excluding hydrogens is 360 g/mol. The number of anilines is 1. The van der Waals surface area contributed by atoms with E-state index in [0.29, 0.717) is 32.0 Å². The smallest absolute Gasteiger partial charge is 0.276 e. The molecule has 2 aromatic rings. The lowest BCUT2D eigenvalue weighted by Crippen LogP contribution is -2.40. The summed E-state index contributed by atoms with van der Waals surface area (Å²) < 4.78 is 32.7. The molecule has 26 heavy (non-hydrogen) atoms. The number of aromatic nitrogens is 2. The molecule has 10 heteroatoms. The van der Waals surface area contributed by atoms with Crippen LogP contribution < -0.4 is 10.9 Å². The summed E-state index contributed by atoms with van der Waals surface area (Å²) in [6, 6.07) is 8.47. The Balaban J connectivity index is 1.74. The second-order valence-electron chi connectivity index (χ2n) is 5.68. The molecule has 1 saturated heterocycles. The van der Waals surface area contributed by atoms with Crippen molar-refractivity contribution in [2.45, 2.75) is 4.90 Å². The van der Waals surface area contributed by atoms with Crippen molar-refractivity contribution in [2.75, 3.05) is 31.6 Å². The van der Waals surface area contributed by atoms with E-state index in [1.807, 2.05) is 0 Å². The van der Waals surface area contributed by atoms with Gasteiger partial charge in [0.15, 0.2) is 0 Å². The number of sulfonamides is 1. The Kier molecular flexibility index (Phi) is 5.16. The fraction of sp³-hybridized carbons (Fsp3) is 0.312. The van der Waals surface area contributed by atoms with E-state index in [9.17, 15) is 18.0 Å². The topological polar surface area (TPSA) is 111 Å². The first-order valence-corrected chi connectivity index (χ1v) is 9.35. The van der Waals surface area contributed by atoms with Crippen LogP contribution in [0.3, 0.4) is 0 Å². The monoisotopic (exact) mass is 378 g/mol. The number of nitrogens with zero attached hydrogens (tertiary/aromatic N) is 3. The zero-order valence-electron chi connectivity index (χ0n) is 14.1. The number of rotatable bonds is 4. The number of hydrogen-bond donors (Lipinski definition) is 1. The first-order chi connectivity index (χ1) is 12.4. The van der Waals surface area contributed by atoms with E-state index in [2.05, 4.69) is 10.4 Å². The summed E-state index contributed by atoms with van der Waals surface area (Å²) in [6.45, 7) is 1.39. The Morgan fingerprint density at radius 1 is 1.12 bits per heavy atom. The van der Waals surface area contributed by atoms with E-state index in [1.165, 1.54) is 47.8 Å². The van der Waals surface area contributed by atoms with Crippen molar-refractivity contribution in [1.82, 2.24) is 14.1 Å². The Morgan fingerprint density at radius 2 is 1.77 bits per heavy atom. The fourth-order valence-corrected chi connectivity index (χ4v) is 3.87. The van der Waals surface area contributed by atoms with Crippen molar-refractivity contribution in [1.29, 1.82) is 0 Å². The molecular formula is C16H18N4O5S. The number of carbonyl (C=O) groups is 1. The number of hydrogen-bond acceptors (Lipinski definition) is 6. The van der Waals surface area contributed by atoms with E-state index < -0.39 is 15.9 Å². The molecule has 0 radical (unpaired) electrons. The lowest BCUT2D eigenvalue weighted by Gasteiger charge is -2.26. The quantitative estimate of drug-likeness (QED) is 0.805. The molecule has 0 atom stereocenters. The minimum atomic E-state index is -3.58. The van der Waals surface area contributed by atoms with E-state index in [4.69, 9.17) is 4.74 Å². The zero-order chi connectivity index (χ0) is 18.7. The lowest BCUT2D eigenvalue weighted by atomic mass is 10.3. The highest BCUT2D eigenvalue weighted by Gasteiger charge is 2.26. The van der Waals surface area contributed by atoms with Gasteiger partial charge >= 0.3 is 0 Å². The summed E-state index contributed by atoms with van der Waals surface area (Å²) in [7, 11) is -2.13. The predicted molar refractivity (Wildman–Crippen MR) is 93.5 cm³/mol. The van der Waals surface area contributed by atoms with Gasteiger partial charge in [0.2, 0.25) is 10.0 Å². The van der Waals surface area contributed by atoms with Crippen LogP contribution in [-0.4, -0.2) is 54.7 Å². The molecule has 2 heterocycles. The SMILES string of the molecule is Cn1nc(C(=O)Nc2ccc(S(=O)(=O)N3CCOCC3)cc2)ccc1=O. The summed E-state index contributed by atoms with van der Waals surface area (Å²) in [6.07, 6.45) is 0. The van der Waals surface area contributed by atoms with Crippen LogP contribution in [0.5, 0.6) is 0 Å². The van der Waals surface area contributed by atoms with Crippen LogP contribution in [0.15, 0.2) is 46.1 Å². The van der Waals surface area contributed by atoms with Gasteiger partial charge < -0.3 is 10.1 Å². The standard InChI is InChI=1S/C16H18N4O5S/c1-19-15(21)7-6-14(18-19)16(22)17-12-2-4-13(5-3-12)26(23,24)20-8-10-25-11-9-20/h2-7H,8-11H2,1H3,(H,17,22). The number of nitrogens with one attached hydrogen (secondary N) is 1. The number of amides is 1. The summed E-state index contributed by atoms with van der Waals surface area (Å²) in [5.74, 6) is -0.496. The van der Waals surface area contributed by atoms with E-state index in [1.54, 1.807) is 0 Å². The molecule has 9 nitrogen and oxygen atoms in total. The number of carbonyl (C=O) groups excluding carboxylic acids is 1. The molecule has 1 aliphatic heterocycles. The summed E-state index contributed by atoms with van der Waals surface area (Å²) >= 11 is 0. The Hall–Kier alpha value is -2.56. The molecule has 1 fully saturated rings. The van der Waals surface area contributed by atoms with Crippen LogP contribution in [0.25, 0.3) is 0 Å². The molecule has 1 amide bonds. The van der Waals surface area contributed by atoms with Crippen molar-refractivity contribution in [3.05, 3.63) is 52.4 Å². The number of aryl methyl sites for hydroxylation is 1. The molecule has 0 saturated carbocycles. The Morgan fingerprint density at radius 3 is 2.38 bits per heavy atom. The third-order valence-corrected chi connectivity index (χ3v) is 5.83. The second kappa shape index (κ2) is 7.36. The third-order valence-electron chi connectivity index (χ3n) is 3.91. The Bertz CT molecular complexity index is 963. The van der Waals surface area contributed by atoms with Crippen LogP contribution in [0.1, 0.15) is 10.5 Å². The summed E-state index contributed by atoms with van der Waals surface area (Å²) in [5, 5.41) is 6.48. The first kappa shape index (κ1) is 18.2. The molecule has 1 aliphatic rings. The zero-order valence-corrected chi connectivity index (χ0v) is 14.9. The largest absolute Gasteiger partial charge is 0.379 e. The van der Waals surface area contributed by atoms with Crippen LogP contribution in [0.2, 0.25) is 0 Å². The van der Waals surface area contributed by atoms with E-state index >= 15 is 0 Å². The first-order valence-electron chi connectivity index (χ1n) is 7.91. The van der Waals surface area contributed by atoms with Gasteiger partial charge in [-0.1, -0.05) is 0 Å². The van der Waals surface area contributed by atoms with Gasteiger partial charge in [0.1, 0.15) is 5.69 Å². The van der Waals surface area contributed by atoms with Gasteiger partial charge in [0, 0.05) is 31.9 Å². The third kappa shape index (κ3) is 3.82. The van der Waals surface area contributed by atoms with Crippen molar-refractivity contribution < 1.29 is 17.9 Å². The fourth-order valence-electron chi connectivity index (χ4n) is 2.46. The van der Waals surface area contributed by atoms with Crippen molar-refractivity contribution in [2.24, 2.45) is 7.05 Å². The van der Waals surface area contributed by atoms with Gasteiger partial charge in [-0.3, -0.25) is 9.59 Å². The highest BCUT2D eigenvalue weighted by Crippen LogP contribution is 2.19. The van der Waals surface area contributed by atoms with Crippen LogP contribution >= 0.6 is 0 Å². The molecule has 0 aliphatic carbocycles. The van der Waals surface area contributed by atoms with Gasteiger partial charge in [-0.05, 0) is 30.3 Å². The highest BCUT2D eigenvalue weighted by atomic mass is 32.2. The average molecular weight is 378 g/mol. The van der Waals surface area contributed by atoms with Crippen LogP contribution in [0.4, 0.5) is 5.69 Å². The molecule has 1 aromatic heterocycles. The Labute approximate surface area is 150 Å². The van der Waals surface area contributed by atoms with Crippen molar-refractivity contribution in [3.63, 3.8) is 0 Å². The van der Waals surface area contributed by atoms with Gasteiger partial charge in [0.05, 0.1) is 18.1 Å². The van der Waals surface area contributed by atoms with Gasteiger partial charge in [0.25, 0.3) is 11.5 Å². The lowest BCUT2D eigenvalue weighted by molar-refractivity contribution is 0.0730. The molecule has 1 aromatic carbocycles. The summed E-state index contributed by atoms with van der Waals surface area (Å²) in [4.78, 5) is 23.6. The molecule has 3 rings (SSSR count). The van der Waals surface area contributed by atoms with Crippen molar-refractivity contribution >= 4 is 21.6 Å². The van der Waals surface area contributed by atoms with Crippen LogP contribution in [-0.2, 0) is 21.8 Å². The normalized spacial score (nSPS) is 15.6. The minimum absolute atomic E-state index is 0.0807. The minimum Gasteiger partial charge on any atom is -0.379 e. The van der Waals surface area contributed by atoms with Gasteiger partial charge in [-0.25, -0.2) is 13.1 Å². The molecule has 0 bridgehead atoms. The number of morpholine rings is 1. The van der Waals surface area contributed by atoms with Crippen LogP contribution in [0, 0.1) is 0 Å². The molecule has 0 spiro atoms. The van der Waals surface area contributed by atoms with Crippen molar-refractivity contribution in [3.8, 4) is 0 Å².